The number of aromatic hydroxyl groups is 1. The first-order valence-corrected chi connectivity index (χ1v) is 38.1. The van der Waals surface area contributed by atoms with Crippen LogP contribution >= 0.6 is 34.8 Å². The molecule has 3 fully saturated rings. The number of aliphatic hydroxyl groups is 2. The normalized spacial score (nSPS) is 14.2. The first kappa shape index (κ1) is 80.2. The van der Waals surface area contributed by atoms with Crippen molar-refractivity contribution in [3.05, 3.63) is 166 Å². The molecule has 27 heteroatoms. The van der Waals surface area contributed by atoms with Crippen LogP contribution in [-0.4, -0.2) is 111 Å². The monoisotopic (exact) mass is 1550 g/mol. The van der Waals surface area contributed by atoms with Crippen LogP contribution < -0.4 is 60.3 Å². The number of anilines is 9. The fraction of sp³-hybridized carbons (Fsp3) is 0.361. The van der Waals surface area contributed by atoms with E-state index in [4.69, 9.17) is 63.2 Å². The van der Waals surface area contributed by atoms with Gasteiger partial charge in [-0.1, -0.05) is 178 Å². The minimum Gasteiger partial charge on any atom is -0.504 e. The molecule has 110 heavy (non-hydrogen) atoms. The first-order chi connectivity index (χ1) is 53.1. The van der Waals surface area contributed by atoms with Gasteiger partial charge in [-0.25, -0.2) is 0 Å². The van der Waals surface area contributed by atoms with E-state index in [9.17, 15) is 15.3 Å². The largest absolute Gasteiger partial charge is 0.504 e. The Morgan fingerprint density at radius 1 is 0.382 bits per heavy atom. The number of fused-ring (bicyclic) bond motifs is 1. The van der Waals surface area contributed by atoms with Gasteiger partial charge in [-0.15, -0.1) is 0 Å². The van der Waals surface area contributed by atoms with E-state index in [0.717, 1.165) is 49.5 Å². The van der Waals surface area contributed by atoms with Gasteiger partial charge in [0.15, 0.2) is 11.5 Å². The maximum atomic E-state index is 10.8. The second-order valence-electron chi connectivity index (χ2n) is 27.8. The Balaban J connectivity index is 0.000000164. The van der Waals surface area contributed by atoms with Gasteiger partial charge in [0.05, 0.1) is 42.0 Å². The molecule has 3 saturated carbocycles. The molecule has 7 aromatic carbocycles. The van der Waals surface area contributed by atoms with Crippen molar-refractivity contribution in [2.45, 2.75) is 173 Å². The highest BCUT2D eigenvalue weighted by molar-refractivity contribution is 6.33. The van der Waals surface area contributed by atoms with Crippen molar-refractivity contribution in [3.63, 3.8) is 0 Å². The van der Waals surface area contributed by atoms with Gasteiger partial charge < -0.3 is 75.6 Å². The third kappa shape index (κ3) is 24.8. The lowest BCUT2D eigenvalue weighted by Crippen LogP contribution is -2.20. The van der Waals surface area contributed by atoms with Gasteiger partial charge in [0.25, 0.3) is 0 Å². The summed E-state index contributed by atoms with van der Waals surface area (Å²) in [5.74, 6) is 16.8. The highest BCUT2D eigenvalue weighted by Gasteiger charge is 2.22. The molecule has 0 bridgehead atoms. The minimum absolute atomic E-state index is 0.0308. The van der Waals surface area contributed by atoms with Crippen molar-refractivity contribution in [1.82, 2.24) is 44.9 Å². The zero-order valence-electron chi connectivity index (χ0n) is 62.7. The lowest BCUT2D eigenvalue weighted by molar-refractivity contribution is 0.143. The molecule has 24 nitrogen and oxygen atoms in total. The lowest BCUT2D eigenvalue weighted by atomic mass is 10.1. The zero-order chi connectivity index (χ0) is 77.4. The van der Waals surface area contributed by atoms with Crippen LogP contribution in [0.4, 0.5) is 52.8 Å². The van der Waals surface area contributed by atoms with Crippen LogP contribution in [0, 0.1) is 23.7 Å². The minimum atomic E-state index is -1.13. The van der Waals surface area contributed by atoms with Crippen LogP contribution in [0.25, 0.3) is 10.8 Å². The van der Waals surface area contributed by atoms with Gasteiger partial charge in [-0.2, -0.15) is 44.9 Å². The second-order valence-corrected chi connectivity index (χ2v) is 29.0. The summed E-state index contributed by atoms with van der Waals surface area (Å²) in [6, 6.07) is 42.9. The van der Waals surface area contributed by atoms with Gasteiger partial charge >= 0.3 is 18.0 Å². The molecule has 3 aliphatic rings. The topological polar surface area (TPSA) is 304 Å². The smallest absolute Gasteiger partial charge is 0.328 e. The number of halogens is 3. The molecule has 0 atom stereocenters. The van der Waals surface area contributed by atoms with Gasteiger partial charge in [0.2, 0.25) is 35.7 Å². The average molecular weight is 1550 g/mol. The average Bonchev–Trinajstić information content (AvgIpc) is 0.812. The number of hydrogen-bond donors (Lipinski definition) is 9. The summed E-state index contributed by atoms with van der Waals surface area (Å²) in [4.78, 5) is 40.8. The van der Waals surface area contributed by atoms with Crippen LogP contribution in [0.5, 0.6) is 58.3 Å². The van der Waals surface area contributed by atoms with E-state index >= 15 is 0 Å². The van der Waals surface area contributed by atoms with Crippen molar-refractivity contribution < 1.29 is 43.7 Å². The van der Waals surface area contributed by atoms with E-state index in [1.165, 1.54) is 77.0 Å². The van der Waals surface area contributed by atoms with Crippen LogP contribution in [0.15, 0.2) is 140 Å². The van der Waals surface area contributed by atoms with Crippen LogP contribution in [0.3, 0.4) is 0 Å². The fourth-order valence-corrected chi connectivity index (χ4v) is 13.1. The van der Waals surface area contributed by atoms with E-state index in [2.05, 4.69) is 100 Å². The van der Waals surface area contributed by atoms with Crippen molar-refractivity contribution in [3.8, 4) is 82.0 Å². The molecular formula is C83H92Cl3N15O9. The van der Waals surface area contributed by atoms with E-state index in [1.807, 2.05) is 78.9 Å². The number of benzene rings is 7. The SMILES string of the molecule is COc1ccc(Nc2nc(NC3CCCCCC3)nc(Oc3ccc(C#CC(C)(C)O)cc3)n2)cc1Cl.COc1ccc(Nc2nc(NC3CCCCCC3)nc(Oc3ccc4ccccc4c3O)n2)cc1Cl.COc1ccc(Nc2nc(NC3CCCCCC3)nc(Oc3ccccc3C#CC(C)(C)O)n2)cc1Cl. The summed E-state index contributed by atoms with van der Waals surface area (Å²) in [5.41, 5.74) is 1.27. The maximum absolute atomic E-state index is 10.8. The molecule has 0 unspecified atom stereocenters. The Morgan fingerprint density at radius 2 is 0.745 bits per heavy atom. The lowest BCUT2D eigenvalue weighted by Gasteiger charge is -2.17. The summed E-state index contributed by atoms with van der Waals surface area (Å²) in [6.45, 7) is 6.55. The van der Waals surface area contributed by atoms with E-state index in [-0.39, 0.29) is 47.6 Å². The Bertz CT molecular complexity index is 4850. The van der Waals surface area contributed by atoms with Gasteiger partial charge in [-0.3, -0.25) is 0 Å². The highest BCUT2D eigenvalue weighted by Crippen LogP contribution is 2.39. The number of ether oxygens (including phenoxy) is 6. The molecule has 3 aromatic heterocycles. The number of aromatic nitrogens is 9. The number of nitrogens with zero attached hydrogens (tertiary/aromatic N) is 9. The maximum Gasteiger partial charge on any atom is 0.328 e. The highest BCUT2D eigenvalue weighted by atomic mass is 35.5. The van der Waals surface area contributed by atoms with E-state index in [0.29, 0.717) is 108 Å². The molecule has 10 aromatic rings. The summed E-state index contributed by atoms with van der Waals surface area (Å²) >= 11 is 18.9. The molecule has 9 N–H and O–H groups in total. The molecule has 0 saturated heterocycles. The molecule has 3 heterocycles. The van der Waals surface area contributed by atoms with Crippen molar-refractivity contribution >= 4 is 98.3 Å². The molecule has 13 rings (SSSR count). The number of phenols is 1. The quantitative estimate of drug-likeness (QED) is 0.0238. The Labute approximate surface area is 656 Å². The third-order valence-electron chi connectivity index (χ3n) is 17.9. The number of phenolic OH excluding ortho intramolecular Hbond substituents is 1. The molecule has 0 radical (unpaired) electrons. The zero-order valence-corrected chi connectivity index (χ0v) is 65.0. The number of rotatable bonds is 21. The van der Waals surface area contributed by atoms with Crippen LogP contribution in [0.2, 0.25) is 15.1 Å². The van der Waals surface area contributed by atoms with Crippen molar-refractivity contribution in [2.75, 3.05) is 53.2 Å². The first-order valence-electron chi connectivity index (χ1n) is 37.0. The molecule has 0 aliphatic heterocycles. The third-order valence-corrected chi connectivity index (χ3v) is 18.8. The molecule has 574 valence electrons. The van der Waals surface area contributed by atoms with Crippen LogP contribution in [-0.2, 0) is 0 Å². The Hall–Kier alpha value is -10.9. The fourth-order valence-electron chi connectivity index (χ4n) is 12.3. The summed E-state index contributed by atoms with van der Waals surface area (Å²) in [6.07, 6.45) is 21.0. The second kappa shape index (κ2) is 39.0. The summed E-state index contributed by atoms with van der Waals surface area (Å²) < 4.78 is 33.8. The Kier molecular flexibility index (Phi) is 28.4. The van der Waals surface area contributed by atoms with E-state index in [1.54, 1.807) is 110 Å². The Morgan fingerprint density at radius 3 is 1.15 bits per heavy atom. The molecular weight excluding hydrogens is 1460 g/mol. The standard InChI is InChI=1S/2C28H32ClN5O3.C27H28ClN5O3/c1-28(2,35)17-16-19-10-8-9-13-23(19)37-27-33-25(30-20-11-6-4-5-7-12-20)32-26(34-27)31-21-14-15-24(36-3)22(29)18-21;1-28(2,35)17-16-19-10-13-22(14-11-19)37-27-33-25(30-20-8-6-4-5-7-9-20)32-26(34-27)31-21-12-15-24(36-3)23(29)18-21;1-35-22-15-13-19(16-21(22)28)30-26-31-25(29-18-9-4-2-3-5-10-18)32-27(33-26)36-23-14-12-17-8-6-7-11-20(17)24(23)34/h8-10,13-15,18,20,35H,4-7,11-12H2,1-3H3,(H2,30,31,32,33,34);10-15,18,20,35H,4-9H2,1-3H3,(H2,30,31,32,33,34);6-8,11-16,18,34H,2-5,9-10H2,1H3,(H2,29,30,31,32,33). The van der Waals surface area contributed by atoms with Gasteiger partial charge in [0, 0.05) is 46.1 Å². The number of para-hydroxylation sites is 1. The summed E-state index contributed by atoms with van der Waals surface area (Å²) in [7, 11) is 4.71. The summed E-state index contributed by atoms with van der Waals surface area (Å²) in [5, 5.41) is 53.6. The van der Waals surface area contributed by atoms with Gasteiger partial charge in [-0.05, 0) is 169 Å². The molecule has 0 spiro atoms. The number of hydrogen-bond acceptors (Lipinski definition) is 24. The van der Waals surface area contributed by atoms with E-state index < -0.39 is 11.2 Å². The molecule has 0 amide bonds. The number of nitrogens with one attached hydrogen (secondary N) is 6. The molecule has 3 aliphatic carbocycles. The van der Waals surface area contributed by atoms with Crippen LogP contribution in [0.1, 0.15) is 154 Å². The van der Waals surface area contributed by atoms with Crippen molar-refractivity contribution in [1.29, 1.82) is 0 Å². The van der Waals surface area contributed by atoms with Gasteiger partial charge in [0.1, 0.15) is 39.9 Å². The van der Waals surface area contributed by atoms with Crippen molar-refractivity contribution in [2.24, 2.45) is 0 Å². The number of methoxy groups -OCH3 is 3. The predicted molar refractivity (Wildman–Crippen MR) is 434 cm³/mol. The predicted octanol–water partition coefficient (Wildman–Crippen LogP) is 19.7.